The Balaban J connectivity index is 1.88. The Morgan fingerprint density at radius 2 is 2.09 bits per heavy atom. The Morgan fingerprint density at radius 3 is 2.77 bits per heavy atom. The highest BCUT2D eigenvalue weighted by molar-refractivity contribution is 6.33. The minimum Gasteiger partial charge on any atom is -0.465 e. The summed E-state index contributed by atoms with van der Waals surface area (Å²) in [7, 11) is 1.32. The fraction of sp³-hybridized carbons (Fsp3) is 0.467. The molecule has 1 amide bonds. The molecule has 1 N–H and O–H groups in total. The molecule has 120 valence electrons. The Labute approximate surface area is 134 Å². The Bertz CT molecular complexity index is 544. The van der Waals surface area contributed by atoms with Crippen LogP contribution in [0.1, 0.15) is 16.8 Å². The topological polar surface area (TPSA) is 67.9 Å². The number of anilines is 1. The molecular weight excluding hydrogens is 308 g/mol. The number of morpholine rings is 1. The molecule has 0 aromatic heterocycles. The fourth-order valence-corrected chi connectivity index (χ4v) is 2.36. The van der Waals surface area contributed by atoms with Gasteiger partial charge in [0.1, 0.15) is 0 Å². The quantitative estimate of drug-likeness (QED) is 0.835. The molecule has 7 heteroatoms. The molecule has 2 rings (SSSR count). The Hall–Kier alpha value is -1.79. The molecule has 1 saturated heterocycles. The van der Waals surface area contributed by atoms with Crippen LogP contribution in [0, 0.1) is 0 Å². The summed E-state index contributed by atoms with van der Waals surface area (Å²) in [6.45, 7) is 2.90. The number of nitrogens with one attached hydrogen (secondary N) is 1. The number of hydrogen-bond donors (Lipinski definition) is 1. The number of ether oxygens (including phenoxy) is 2. The van der Waals surface area contributed by atoms with Crippen LogP contribution < -0.4 is 5.32 Å². The van der Waals surface area contributed by atoms with Crippen LogP contribution in [-0.4, -0.2) is 56.7 Å². The minimum atomic E-state index is -0.427. The van der Waals surface area contributed by atoms with Crippen molar-refractivity contribution in [3.63, 3.8) is 0 Å². The van der Waals surface area contributed by atoms with Gasteiger partial charge in [-0.1, -0.05) is 11.6 Å². The Kier molecular flexibility index (Phi) is 6.03. The summed E-state index contributed by atoms with van der Waals surface area (Å²) in [5.41, 5.74) is 1.02. The molecule has 1 fully saturated rings. The number of methoxy groups -OCH3 is 1. The Morgan fingerprint density at radius 1 is 1.36 bits per heavy atom. The summed E-state index contributed by atoms with van der Waals surface area (Å²) in [6, 6.07) is 4.84. The summed E-state index contributed by atoms with van der Waals surface area (Å²) >= 11 is 6.08. The van der Waals surface area contributed by atoms with Gasteiger partial charge in [0.15, 0.2) is 0 Å². The van der Waals surface area contributed by atoms with Gasteiger partial charge >= 0.3 is 5.97 Å². The van der Waals surface area contributed by atoms with Crippen molar-refractivity contribution >= 4 is 29.2 Å². The van der Waals surface area contributed by atoms with Gasteiger partial charge in [0.25, 0.3) is 0 Å². The van der Waals surface area contributed by atoms with E-state index in [4.69, 9.17) is 16.3 Å². The fourth-order valence-electron chi connectivity index (χ4n) is 2.18. The van der Waals surface area contributed by atoms with Gasteiger partial charge in [0.2, 0.25) is 5.91 Å². The molecule has 0 aliphatic carbocycles. The van der Waals surface area contributed by atoms with Gasteiger partial charge in [-0.25, -0.2) is 4.79 Å². The predicted molar refractivity (Wildman–Crippen MR) is 83.3 cm³/mol. The van der Waals surface area contributed by atoms with Crippen molar-refractivity contribution in [3.05, 3.63) is 28.8 Å². The zero-order chi connectivity index (χ0) is 15.9. The number of carbonyl (C=O) groups is 2. The molecular formula is C15H19ClN2O4. The van der Waals surface area contributed by atoms with Gasteiger partial charge in [-0.05, 0) is 18.2 Å². The highest BCUT2D eigenvalue weighted by Gasteiger charge is 2.16. The molecule has 22 heavy (non-hydrogen) atoms. The van der Waals surface area contributed by atoms with Gasteiger partial charge in [-0.2, -0.15) is 0 Å². The maximum atomic E-state index is 12.0. The van der Waals surface area contributed by atoms with Gasteiger partial charge < -0.3 is 19.7 Å². The molecule has 1 heterocycles. The van der Waals surface area contributed by atoms with Crippen molar-refractivity contribution in [3.8, 4) is 0 Å². The van der Waals surface area contributed by atoms with Crippen molar-refractivity contribution in [2.75, 3.05) is 45.3 Å². The van der Waals surface area contributed by atoms with Crippen LogP contribution in [-0.2, 0) is 14.3 Å². The number of carbonyl (C=O) groups excluding carboxylic acids is 2. The lowest BCUT2D eigenvalue weighted by molar-refractivity contribution is -0.134. The number of esters is 1. The second-order valence-electron chi connectivity index (χ2n) is 4.86. The van der Waals surface area contributed by atoms with Crippen LogP contribution in [0.4, 0.5) is 5.69 Å². The number of hydrogen-bond acceptors (Lipinski definition) is 5. The molecule has 0 atom stereocenters. The second-order valence-corrected chi connectivity index (χ2v) is 5.26. The molecule has 1 aromatic carbocycles. The predicted octanol–water partition coefficient (Wildman–Crippen LogP) is 1.79. The number of rotatable bonds is 5. The van der Waals surface area contributed by atoms with E-state index in [0.717, 1.165) is 0 Å². The lowest BCUT2D eigenvalue weighted by Gasteiger charge is -2.27. The summed E-state index contributed by atoms with van der Waals surface area (Å²) in [6.07, 6.45) is 0.360. The number of halogens is 1. The van der Waals surface area contributed by atoms with Gasteiger partial charge in [-0.3, -0.25) is 4.79 Å². The average molecular weight is 327 g/mol. The molecule has 0 spiro atoms. The third-order valence-corrected chi connectivity index (χ3v) is 3.74. The molecule has 1 aliphatic rings. The second kappa shape index (κ2) is 8.00. The smallest absolute Gasteiger partial charge is 0.337 e. The van der Waals surface area contributed by atoms with Gasteiger partial charge in [0, 0.05) is 26.1 Å². The number of nitrogens with zero attached hydrogens (tertiary/aromatic N) is 1. The van der Waals surface area contributed by atoms with Gasteiger partial charge in [0.05, 0.1) is 36.6 Å². The van der Waals surface area contributed by atoms with E-state index in [-0.39, 0.29) is 5.91 Å². The molecule has 6 nitrogen and oxygen atoms in total. The van der Waals surface area contributed by atoms with Gasteiger partial charge in [-0.15, -0.1) is 0 Å². The lowest BCUT2D eigenvalue weighted by Crippen LogP contribution is -2.41. The van der Waals surface area contributed by atoms with E-state index >= 15 is 0 Å². The third kappa shape index (κ3) is 4.35. The van der Waals surface area contributed by atoms with Crippen molar-refractivity contribution in [2.24, 2.45) is 0 Å². The summed E-state index contributed by atoms with van der Waals surface area (Å²) in [5, 5.41) is 3.58. The molecule has 0 saturated carbocycles. The van der Waals surface area contributed by atoms with Crippen LogP contribution >= 0.6 is 11.6 Å². The molecule has 0 radical (unpaired) electrons. The average Bonchev–Trinajstić information content (AvgIpc) is 2.56. The molecule has 0 bridgehead atoms. The third-order valence-electron chi connectivity index (χ3n) is 3.41. The summed E-state index contributed by atoms with van der Waals surface area (Å²) in [4.78, 5) is 25.3. The molecule has 0 unspecified atom stereocenters. The van der Waals surface area contributed by atoms with Crippen LogP contribution in [0.15, 0.2) is 18.2 Å². The van der Waals surface area contributed by atoms with E-state index in [1.165, 1.54) is 7.11 Å². The van der Waals surface area contributed by atoms with Crippen molar-refractivity contribution in [1.29, 1.82) is 0 Å². The molecule has 1 aliphatic heterocycles. The molecule has 1 aromatic rings. The summed E-state index contributed by atoms with van der Waals surface area (Å²) in [5.74, 6) is -0.347. The first kappa shape index (κ1) is 16.6. The highest BCUT2D eigenvalue weighted by atomic mass is 35.5. The van der Waals surface area contributed by atoms with E-state index in [0.29, 0.717) is 55.5 Å². The van der Waals surface area contributed by atoms with Crippen LogP contribution in [0.5, 0.6) is 0 Å². The van der Waals surface area contributed by atoms with Crippen LogP contribution in [0.2, 0.25) is 5.02 Å². The minimum absolute atomic E-state index is 0.0797. The van der Waals surface area contributed by atoms with E-state index in [1.807, 2.05) is 0 Å². The van der Waals surface area contributed by atoms with E-state index in [2.05, 4.69) is 10.1 Å². The van der Waals surface area contributed by atoms with Crippen molar-refractivity contribution in [1.82, 2.24) is 4.90 Å². The lowest BCUT2D eigenvalue weighted by atomic mass is 10.2. The zero-order valence-corrected chi connectivity index (χ0v) is 13.2. The van der Waals surface area contributed by atoms with E-state index in [9.17, 15) is 9.59 Å². The first-order valence-electron chi connectivity index (χ1n) is 7.09. The summed E-state index contributed by atoms with van der Waals surface area (Å²) < 4.78 is 9.89. The zero-order valence-electron chi connectivity index (χ0n) is 12.4. The largest absolute Gasteiger partial charge is 0.465 e. The standard InChI is InChI=1S/C15H19ClN2O4/c1-21-15(20)11-2-3-12(16)13(10-11)17-5-4-14(19)18-6-8-22-9-7-18/h2-3,10,17H,4-9H2,1H3. The first-order valence-corrected chi connectivity index (χ1v) is 7.47. The first-order chi connectivity index (χ1) is 10.6. The SMILES string of the molecule is COC(=O)c1ccc(Cl)c(NCCC(=O)N2CCOCC2)c1. The highest BCUT2D eigenvalue weighted by Crippen LogP contribution is 2.23. The maximum absolute atomic E-state index is 12.0. The van der Waals surface area contributed by atoms with E-state index < -0.39 is 5.97 Å². The number of benzene rings is 1. The van der Waals surface area contributed by atoms with Crippen molar-refractivity contribution in [2.45, 2.75) is 6.42 Å². The monoisotopic (exact) mass is 326 g/mol. The van der Waals surface area contributed by atoms with Crippen LogP contribution in [0.25, 0.3) is 0 Å². The van der Waals surface area contributed by atoms with E-state index in [1.54, 1.807) is 23.1 Å². The maximum Gasteiger partial charge on any atom is 0.337 e. The number of amides is 1. The normalized spacial score (nSPS) is 14.5. The van der Waals surface area contributed by atoms with Crippen molar-refractivity contribution < 1.29 is 19.1 Å². The van der Waals surface area contributed by atoms with Crippen LogP contribution in [0.3, 0.4) is 0 Å².